The molecule has 0 spiro atoms. The maximum Gasteiger partial charge on any atom is 0.243 e. The molecule has 0 radical (unpaired) electrons. The van der Waals surface area contributed by atoms with E-state index in [1.165, 1.54) is 9.21 Å². The van der Waals surface area contributed by atoms with Gasteiger partial charge >= 0.3 is 0 Å². The first-order valence-electron chi connectivity index (χ1n) is 7.81. The summed E-state index contributed by atoms with van der Waals surface area (Å²) in [5.41, 5.74) is 1.01. The number of benzene rings is 1. The van der Waals surface area contributed by atoms with Crippen molar-refractivity contribution in [2.45, 2.75) is 43.5 Å². The van der Waals surface area contributed by atoms with Crippen molar-refractivity contribution in [2.75, 3.05) is 13.1 Å². The van der Waals surface area contributed by atoms with Gasteiger partial charge in [-0.2, -0.15) is 4.31 Å². The average molecular weight is 336 g/mol. The van der Waals surface area contributed by atoms with Crippen LogP contribution in [0.2, 0.25) is 0 Å². The molecule has 124 valence electrons. The molecule has 1 aromatic carbocycles. The Labute approximate surface area is 136 Å². The minimum Gasteiger partial charge on any atom is -0.279 e. The molecule has 6 nitrogen and oxygen atoms in total. The monoisotopic (exact) mass is 336 g/mol. The summed E-state index contributed by atoms with van der Waals surface area (Å²) in [4.78, 5) is 25.2. The molecule has 0 N–H and O–H groups in total. The van der Waals surface area contributed by atoms with Gasteiger partial charge < -0.3 is 0 Å². The van der Waals surface area contributed by atoms with E-state index in [9.17, 15) is 18.0 Å². The van der Waals surface area contributed by atoms with Crippen LogP contribution in [0.5, 0.6) is 0 Å². The number of carbonyl (C=O) groups is 2. The lowest BCUT2D eigenvalue weighted by molar-refractivity contribution is -0.141. The molecular formula is C16H20N2O4S. The minimum atomic E-state index is -3.51. The molecule has 7 heteroatoms. The van der Waals surface area contributed by atoms with E-state index in [4.69, 9.17) is 0 Å². The smallest absolute Gasteiger partial charge is 0.243 e. The van der Waals surface area contributed by atoms with E-state index in [1.54, 1.807) is 24.3 Å². The molecule has 2 aliphatic heterocycles. The first kappa shape index (κ1) is 16.1. The number of amides is 2. The van der Waals surface area contributed by atoms with E-state index in [0.29, 0.717) is 25.9 Å². The fourth-order valence-corrected chi connectivity index (χ4v) is 4.67. The predicted molar refractivity (Wildman–Crippen MR) is 84.0 cm³/mol. The molecule has 2 aliphatic rings. The summed E-state index contributed by atoms with van der Waals surface area (Å²) in [7, 11) is -3.51. The number of imide groups is 1. The quantitative estimate of drug-likeness (QED) is 0.780. The molecule has 2 amide bonds. The highest BCUT2D eigenvalue weighted by Crippen LogP contribution is 2.26. The summed E-state index contributed by atoms with van der Waals surface area (Å²) in [6.45, 7) is 2.57. The van der Waals surface area contributed by atoms with Gasteiger partial charge in [0.1, 0.15) is 0 Å². The summed E-state index contributed by atoms with van der Waals surface area (Å²) in [5.74, 6) is -0.260. The Bertz CT molecular complexity index is 703. The van der Waals surface area contributed by atoms with E-state index >= 15 is 0 Å². The van der Waals surface area contributed by atoms with Gasteiger partial charge in [-0.05, 0) is 31.9 Å². The third kappa shape index (κ3) is 3.03. The molecule has 2 fully saturated rings. The van der Waals surface area contributed by atoms with E-state index in [0.717, 1.165) is 5.56 Å². The fourth-order valence-electron chi connectivity index (χ4n) is 3.20. The van der Waals surface area contributed by atoms with Crippen molar-refractivity contribution >= 4 is 21.8 Å². The van der Waals surface area contributed by atoms with E-state index in [2.05, 4.69) is 0 Å². The molecule has 0 atom stereocenters. The second-order valence-electron chi connectivity index (χ2n) is 6.11. The van der Waals surface area contributed by atoms with Gasteiger partial charge in [0.05, 0.1) is 4.90 Å². The Hall–Kier alpha value is -1.73. The largest absolute Gasteiger partial charge is 0.279 e. The van der Waals surface area contributed by atoms with Crippen LogP contribution in [0.15, 0.2) is 29.2 Å². The Morgan fingerprint density at radius 3 is 2.00 bits per heavy atom. The summed E-state index contributed by atoms with van der Waals surface area (Å²) >= 11 is 0. The van der Waals surface area contributed by atoms with Crippen LogP contribution in [0, 0.1) is 6.92 Å². The number of carbonyl (C=O) groups excluding carboxylic acids is 2. The molecule has 1 aromatic rings. The molecule has 0 aliphatic carbocycles. The van der Waals surface area contributed by atoms with Crippen molar-refractivity contribution in [1.82, 2.24) is 9.21 Å². The Balaban J connectivity index is 1.70. The second-order valence-corrected chi connectivity index (χ2v) is 8.04. The van der Waals surface area contributed by atoms with Gasteiger partial charge in [-0.3, -0.25) is 14.5 Å². The first-order chi connectivity index (χ1) is 10.9. The van der Waals surface area contributed by atoms with E-state index < -0.39 is 10.0 Å². The normalized spacial score (nSPS) is 21.2. The first-order valence-corrected chi connectivity index (χ1v) is 9.25. The average Bonchev–Trinajstić information content (AvgIpc) is 2.87. The lowest BCUT2D eigenvalue weighted by atomic mass is 10.1. The highest BCUT2D eigenvalue weighted by Gasteiger charge is 2.38. The van der Waals surface area contributed by atoms with Crippen LogP contribution >= 0.6 is 0 Å². The van der Waals surface area contributed by atoms with Gasteiger partial charge in [-0.1, -0.05) is 17.7 Å². The Morgan fingerprint density at radius 1 is 0.957 bits per heavy atom. The highest BCUT2D eigenvalue weighted by atomic mass is 32.2. The molecular weight excluding hydrogens is 316 g/mol. The van der Waals surface area contributed by atoms with Crippen molar-refractivity contribution in [3.63, 3.8) is 0 Å². The molecule has 23 heavy (non-hydrogen) atoms. The second kappa shape index (κ2) is 6.05. The molecule has 0 aromatic heterocycles. The van der Waals surface area contributed by atoms with Gasteiger partial charge in [0.2, 0.25) is 21.8 Å². The predicted octanol–water partition coefficient (Wildman–Crippen LogP) is 1.30. The lowest BCUT2D eigenvalue weighted by Crippen LogP contribution is -2.48. The van der Waals surface area contributed by atoms with Crippen LogP contribution in [0.1, 0.15) is 31.2 Å². The van der Waals surface area contributed by atoms with Gasteiger partial charge in [-0.25, -0.2) is 8.42 Å². The number of sulfonamides is 1. The third-order valence-electron chi connectivity index (χ3n) is 4.54. The lowest BCUT2D eigenvalue weighted by Gasteiger charge is -2.35. The zero-order valence-electron chi connectivity index (χ0n) is 13.1. The fraction of sp³-hybridized carbons (Fsp3) is 0.500. The number of aryl methyl sites for hydroxylation is 1. The van der Waals surface area contributed by atoms with Crippen LogP contribution in [-0.2, 0) is 19.6 Å². The zero-order valence-corrected chi connectivity index (χ0v) is 13.9. The summed E-state index contributed by atoms with van der Waals surface area (Å²) in [6, 6.07) is 6.62. The highest BCUT2D eigenvalue weighted by molar-refractivity contribution is 7.89. The van der Waals surface area contributed by atoms with Crippen molar-refractivity contribution in [1.29, 1.82) is 0 Å². The Morgan fingerprint density at radius 2 is 1.48 bits per heavy atom. The van der Waals surface area contributed by atoms with Crippen LogP contribution in [-0.4, -0.2) is 48.6 Å². The summed E-state index contributed by atoms with van der Waals surface area (Å²) < 4.78 is 26.7. The number of piperidine rings is 1. The maximum absolute atomic E-state index is 12.6. The van der Waals surface area contributed by atoms with Crippen LogP contribution in [0.3, 0.4) is 0 Å². The molecule has 3 rings (SSSR count). The Kier molecular flexibility index (Phi) is 4.25. The topological polar surface area (TPSA) is 74.8 Å². The van der Waals surface area contributed by atoms with E-state index in [-0.39, 0.29) is 35.6 Å². The summed E-state index contributed by atoms with van der Waals surface area (Å²) in [5, 5.41) is 0. The van der Waals surface area contributed by atoms with Crippen LogP contribution in [0.25, 0.3) is 0 Å². The van der Waals surface area contributed by atoms with Crippen molar-refractivity contribution in [3.8, 4) is 0 Å². The van der Waals surface area contributed by atoms with Gasteiger partial charge in [0.15, 0.2) is 0 Å². The maximum atomic E-state index is 12.6. The molecule has 0 saturated carbocycles. The number of likely N-dealkylation sites (tertiary alicyclic amines) is 1. The number of nitrogens with zero attached hydrogens (tertiary/aromatic N) is 2. The molecule has 2 saturated heterocycles. The minimum absolute atomic E-state index is 0.130. The van der Waals surface area contributed by atoms with Crippen LogP contribution in [0.4, 0.5) is 0 Å². The van der Waals surface area contributed by atoms with Gasteiger partial charge in [0.25, 0.3) is 0 Å². The van der Waals surface area contributed by atoms with Crippen LogP contribution < -0.4 is 0 Å². The van der Waals surface area contributed by atoms with E-state index in [1.807, 2.05) is 6.92 Å². The zero-order chi connectivity index (χ0) is 16.6. The van der Waals surface area contributed by atoms with Crippen molar-refractivity contribution < 1.29 is 18.0 Å². The number of hydrogen-bond acceptors (Lipinski definition) is 4. The number of hydrogen-bond donors (Lipinski definition) is 0. The molecule has 0 unspecified atom stereocenters. The van der Waals surface area contributed by atoms with Gasteiger partial charge in [-0.15, -0.1) is 0 Å². The molecule has 2 heterocycles. The number of rotatable bonds is 3. The third-order valence-corrected chi connectivity index (χ3v) is 6.45. The summed E-state index contributed by atoms with van der Waals surface area (Å²) in [6.07, 6.45) is 1.56. The SMILES string of the molecule is Cc1ccc(S(=O)(=O)N2CCC(N3C(=O)CCC3=O)CC2)cc1. The van der Waals surface area contributed by atoms with Crippen molar-refractivity contribution in [2.24, 2.45) is 0 Å². The standard InChI is InChI=1S/C16H20N2O4S/c1-12-2-4-14(5-3-12)23(21,22)17-10-8-13(9-11-17)18-15(19)6-7-16(18)20/h2-5,13H,6-11H2,1H3. The van der Waals surface area contributed by atoms with Crippen molar-refractivity contribution in [3.05, 3.63) is 29.8 Å². The molecule has 0 bridgehead atoms. The van der Waals surface area contributed by atoms with Gasteiger partial charge in [0, 0.05) is 32.0 Å².